The Balaban J connectivity index is 2.08. The summed E-state index contributed by atoms with van der Waals surface area (Å²) in [5, 5.41) is 12.3. The molecule has 0 bridgehead atoms. The van der Waals surface area contributed by atoms with Gasteiger partial charge in [0.05, 0.1) is 0 Å². The van der Waals surface area contributed by atoms with Crippen molar-refractivity contribution < 1.29 is 14.7 Å². The number of benzene rings is 1. The first-order chi connectivity index (χ1) is 10.1. The molecule has 2 N–H and O–H groups in total. The van der Waals surface area contributed by atoms with Gasteiger partial charge in [0.25, 0.3) is 0 Å². The van der Waals surface area contributed by atoms with Crippen molar-refractivity contribution in [3.8, 4) is 0 Å². The molecule has 1 atom stereocenters. The van der Waals surface area contributed by atoms with Gasteiger partial charge in [-0.2, -0.15) is 11.8 Å². The van der Waals surface area contributed by atoms with Crippen LogP contribution in [0.5, 0.6) is 0 Å². The third-order valence-corrected chi connectivity index (χ3v) is 4.49. The van der Waals surface area contributed by atoms with Crippen LogP contribution in [0.3, 0.4) is 0 Å². The second-order valence-electron chi connectivity index (χ2n) is 5.14. The molecule has 2 rings (SSSR count). The number of anilines is 1. The Morgan fingerprint density at radius 2 is 2.10 bits per heavy atom. The molecule has 0 aromatic heterocycles. The van der Waals surface area contributed by atoms with Crippen molar-refractivity contribution in [1.29, 1.82) is 0 Å². The normalized spacial score (nSPS) is 18.2. The molecule has 0 radical (unpaired) electrons. The molecule has 1 unspecified atom stereocenters. The highest BCUT2D eigenvalue weighted by Gasteiger charge is 2.23. The van der Waals surface area contributed by atoms with Gasteiger partial charge in [0.2, 0.25) is 5.91 Å². The topological polar surface area (TPSA) is 69.6 Å². The Labute approximate surface area is 128 Å². The fraction of sp³-hybridized carbons (Fsp3) is 0.467. The molecule has 0 aliphatic carbocycles. The van der Waals surface area contributed by atoms with E-state index in [-0.39, 0.29) is 18.5 Å². The monoisotopic (exact) mass is 308 g/mol. The number of amides is 1. The quantitative estimate of drug-likeness (QED) is 0.863. The minimum absolute atomic E-state index is 0.123. The average molecular weight is 308 g/mol. The number of nitrogens with one attached hydrogen (secondary N) is 1. The summed E-state index contributed by atoms with van der Waals surface area (Å²) >= 11 is 1.82. The van der Waals surface area contributed by atoms with E-state index in [1.54, 1.807) is 12.1 Å². The number of nitrogens with zero attached hydrogens (tertiary/aromatic N) is 1. The van der Waals surface area contributed by atoms with Crippen LogP contribution in [0.25, 0.3) is 0 Å². The van der Waals surface area contributed by atoms with Gasteiger partial charge in [-0.15, -0.1) is 0 Å². The van der Waals surface area contributed by atoms with Gasteiger partial charge in [0.1, 0.15) is 6.54 Å². The van der Waals surface area contributed by atoms with Crippen molar-refractivity contribution in [2.45, 2.75) is 19.4 Å². The number of carbonyl (C=O) groups is 2. The molecule has 114 valence electrons. The van der Waals surface area contributed by atoms with E-state index in [1.807, 2.05) is 30.8 Å². The smallest absolute Gasteiger partial charge is 0.323 e. The standard InChI is InChI=1S/C15H20N2O3S/c1-11-2-4-13(5-3-11)17(9-15(19)20)14(18)8-12-10-21-7-6-16-12/h2-5,12,16H,6-10H2,1H3,(H,19,20). The van der Waals surface area contributed by atoms with E-state index in [0.717, 1.165) is 23.6 Å². The summed E-state index contributed by atoms with van der Waals surface area (Å²) in [6.45, 7) is 2.55. The Kier molecular flexibility index (Phi) is 5.64. The number of hydrogen-bond donors (Lipinski definition) is 2. The summed E-state index contributed by atoms with van der Waals surface area (Å²) in [5.74, 6) is 0.790. The molecular formula is C15H20N2O3S. The maximum atomic E-state index is 12.4. The summed E-state index contributed by atoms with van der Waals surface area (Å²) in [5.41, 5.74) is 1.71. The number of carbonyl (C=O) groups excluding carboxylic acids is 1. The molecular weight excluding hydrogens is 288 g/mol. The second-order valence-corrected chi connectivity index (χ2v) is 6.29. The van der Waals surface area contributed by atoms with E-state index in [4.69, 9.17) is 5.11 Å². The summed E-state index contributed by atoms with van der Waals surface area (Å²) in [6.07, 6.45) is 0.328. The third kappa shape index (κ3) is 4.75. The number of rotatable bonds is 5. The van der Waals surface area contributed by atoms with Crippen LogP contribution in [-0.4, -0.2) is 47.6 Å². The number of carboxylic acids is 1. The van der Waals surface area contributed by atoms with Crippen molar-refractivity contribution in [2.75, 3.05) is 29.5 Å². The lowest BCUT2D eigenvalue weighted by molar-refractivity contribution is -0.136. The highest BCUT2D eigenvalue weighted by molar-refractivity contribution is 7.99. The van der Waals surface area contributed by atoms with Gasteiger partial charge >= 0.3 is 5.97 Å². The molecule has 0 spiro atoms. The predicted molar refractivity (Wildman–Crippen MR) is 84.9 cm³/mol. The van der Waals surface area contributed by atoms with Crippen molar-refractivity contribution in [3.05, 3.63) is 29.8 Å². The zero-order valence-electron chi connectivity index (χ0n) is 12.0. The van der Waals surface area contributed by atoms with Gasteiger partial charge in [0.15, 0.2) is 0 Å². The van der Waals surface area contributed by atoms with Gasteiger partial charge in [-0.3, -0.25) is 9.59 Å². The van der Waals surface area contributed by atoms with Crippen LogP contribution in [0.4, 0.5) is 5.69 Å². The lowest BCUT2D eigenvalue weighted by Gasteiger charge is -2.26. The van der Waals surface area contributed by atoms with E-state index >= 15 is 0 Å². The van der Waals surface area contributed by atoms with E-state index in [9.17, 15) is 9.59 Å². The first kappa shape index (κ1) is 15.9. The Morgan fingerprint density at radius 3 is 2.67 bits per heavy atom. The van der Waals surface area contributed by atoms with Gasteiger partial charge in [-0.25, -0.2) is 0 Å². The molecule has 0 saturated carbocycles. The van der Waals surface area contributed by atoms with E-state index in [1.165, 1.54) is 4.90 Å². The Hall–Kier alpha value is -1.53. The molecule has 5 nitrogen and oxygen atoms in total. The molecule has 1 aromatic rings. The first-order valence-electron chi connectivity index (χ1n) is 6.96. The maximum Gasteiger partial charge on any atom is 0.323 e. The molecule has 1 aliphatic heterocycles. The van der Waals surface area contributed by atoms with Gasteiger partial charge in [-0.1, -0.05) is 17.7 Å². The Morgan fingerprint density at radius 1 is 1.38 bits per heavy atom. The fourth-order valence-electron chi connectivity index (χ4n) is 2.26. The van der Waals surface area contributed by atoms with E-state index in [0.29, 0.717) is 12.1 Å². The third-order valence-electron chi connectivity index (χ3n) is 3.36. The molecule has 21 heavy (non-hydrogen) atoms. The summed E-state index contributed by atoms with van der Waals surface area (Å²) < 4.78 is 0. The van der Waals surface area contributed by atoms with Gasteiger partial charge < -0.3 is 15.3 Å². The van der Waals surface area contributed by atoms with Gasteiger partial charge in [0, 0.05) is 36.2 Å². The predicted octanol–water partition coefficient (Wildman–Crippen LogP) is 1.51. The summed E-state index contributed by atoms with van der Waals surface area (Å²) in [7, 11) is 0. The summed E-state index contributed by atoms with van der Waals surface area (Å²) in [6, 6.07) is 7.47. The minimum atomic E-state index is -1.00. The number of hydrogen-bond acceptors (Lipinski definition) is 4. The SMILES string of the molecule is Cc1ccc(N(CC(=O)O)C(=O)CC2CSCCN2)cc1. The number of carboxylic acid groups (broad SMARTS) is 1. The second kappa shape index (κ2) is 7.47. The number of aryl methyl sites for hydroxylation is 1. The van der Waals surface area contributed by atoms with Crippen LogP contribution in [0, 0.1) is 6.92 Å². The number of thioether (sulfide) groups is 1. The van der Waals surface area contributed by atoms with Crippen LogP contribution >= 0.6 is 11.8 Å². The molecule has 1 aromatic carbocycles. The molecule has 1 heterocycles. The molecule has 1 aliphatic rings. The largest absolute Gasteiger partial charge is 0.480 e. The zero-order valence-corrected chi connectivity index (χ0v) is 12.9. The van der Waals surface area contributed by atoms with Crippen LogP contribution in [-0.2, 0) is 9.59 Å². The zero-order chi connectivity index (χ0) is 15.2. The first-order valence-corrected chi connectivity index (χ1v) is 8.11. The van der Waals surface area contributed by atoms with Crippen LogP contribution in [0.15, 0.2) is 24.3 Å². The van der Waals surface area contributed by atoms with Crippen molar-refractivity contribution in [1.82, 2.24) is 5.32 Å². The van der Waals surface area contributed by atoms with Crippen molar-refractivity contribution >= 4 is 29.3 Å². The van der Waals surface area contributed by atoms with E-state index < -0.39 is 5.97 Å². The highest BCUT2D eigenvalue weighted by atomic mass is 32.2. The van der Waals surface area contributed by atoms with E-state index in [2.05, 4.69) is 5.32 Å². The minimum Gasteiger partial charge on any atom is -0.480 e. The van der Waals surface area contributed by atoms with Crippen molar-refractivity contribution in [2.24, 2.45) is 0 Å². The fourth-order valence-corrected chi connectivity index (χ4v) is 3.20. The van der Waals surface area contributed by atoms with Crippen LogP contribution in [0.1, 0.15) is 12.0 Å². The molecule has 1 amide bonds. The van der Waals surface area contributed by atoms with Crippen molar-refractivity contribution in [3.63, 3.8) is 0 Å². The number of aliphatic carboxylic acids is 1. The van der Waals surface area contributed by atoms with Crippen LogP contribution < -0.4 is 10.2 Å². The summed E-state index contributed by atoms with van der Waals surface area (Å²) in [4.78, 5) is 24.8. The molecule has 1 saturated heterocycles. The molecule has 6 heteroatoms. The average Bonchev–Trinajstić information content (AvgIpc) is 2.46. The Bertz CT molecular complexity index is 498. The molecule has 1 fully saturated rings. The van der Waals surface area contributed by atoms with Gasteiger partial charge in [-0.05, 0) is 19.1 Å². The lowest BCUT2D eigenvalue weighted by atomic mass is 10.1. The highest BCUT2D eigenvalue weighted by Crippen LogP contribution is 2.18. The lowest BCUT2D eigenvalue weighted by Crippen LogP contribution is -2.44. The van der Waals surface area contributed by atoms with Crippen LogP contribution in [0.2, 0.25) is 0 Å². The maximum absolute atomic E-state index is 12.4.